The summed E-state index contributed by atoms with van der Waals surface area (Å²) in [6.45, 7) is 4.74. The summed E-state index contributed by atoms with van der Waals surface area (Å²) in [5.74, 6) is 4.32. The smallest absolute Gasteiger partial charge is 0.337 e. The number of anilines is 1. The third kappa shape index (κ3) is 4.21. The molecule has 0 atom stereocenters. The fraction of sp³-hybridized carbons (Fsp3) is 0.400. The number of rotatable bonds is 5. The fourth-order valence-electron chi connectivity index (χ4n) is 3.53. The van der Waals surface area contributed by atoms with Gasteiger partial charge in [-0.05, 0) is 41.9 Å². The summed E-state index contributed by atoms with van der Waals surface area (Å²) in [6, 6.07) is 7.39. The molecule has 4 N–H and O–H groups in total. The predicted molar refractivity (Wildman–Crippen MR) is 107 cm³/mol. The molecule has 3 rings (SSSR count). The number of nitrogens with two attached hydrogens (primary N) is 1. The normalized spacial score (nSPS) is 15.4. The zero-order chi connectivity index (χ0) is 19.8. The number of fused-ring (bicyclic) bond motifs is 1. The Labute approximate surface area is 163 Å². The number of carbonyl (C=O) groups excluding carboxylic acids is 1. The molecule has 1 aromatic heterocycles. The van der Waals surface area contributed by atoms with Gasteiger partial charge in [-0.2, -0.15) is 0 Å². The average Bonchev–Trinajstić information content (AvgIpc) is 2.93. The summed E-state index contributed by atoms with van der Waals surface area (Å²) < 4.78 is 0. The minimum atomic E-state index is -1.04. The van der Waals surface area contributed by atoms with Crippen LogP contribution >= 0.6 is 11.3 Å². The topological polar surface area (TPSA) is 95.7 Å². The summed E-state index contributed by atoms with van der Waals surface area (Å²) >= 11 is 1.31. The molecule has 1 amide bonds. The molecule has 1 aliphatic carbocycles. The first kappa shape index (κ1) is 19.5. The van der Waals surface area contributed by atoms with Crippen LogP contribution in [-0.2, 0) is 19.4 Å². The summed E-state index contributed by atoms with van der Waals surface area (Å²) in [4.78, 5) is 26.2. The Balaban J connectivity index is 1.95. The fourth-order valence-corrected chi connectivity index (χ4v) is 4.74. The molecule has 7 heteroatoms. The Hall–Kier alpha value is -2.22. The molecule has 0 fully saturated rings. The van der Waals surface area contributed by atoms with Crippen LogP contribution in [0, 0.1) is 5.41 Å². The summed E-state index contributed by atoms with van der Waals surface area (Å²) in [7, 11) is 1.75. The van der Waals surface area contributed by atoms with Crippen molar-refractivity contribution in [2.45, 2.75) is 39.7 Å². The second-order valence-corrected chi connectivity index (χ2v) is 8.99. The van der Waals surface area contributed by atoms with Gasteiger partial charge >= 0.3 is 5.97 Å². The second kappa shape index (κ2) is 7.42. The van der Waals surface area contributed by atoms with Crippen LogP contribution in [0.5, 0.6) is 0 Å². The third-order valence-corrected chi connectivity index (χ3v) is 6.17. The van der Waals surface area contributed by atoms with Crippen molar-refractivity contribution < 1.29 is 14.7 Å². The summed E-state index contributed by atoms with van der Waals surface area (Å²) in [6.07, 6.45) is 2.49. The van der Waals surface area contributed by atoms with E-state index >= 15 is 0 Å². The first-order valence-corrected chi connectivity index (χ1v) is 9.72. The van der Waals surface area contributed by atoms with Gasteiger partial charge < -0.3 is 10.4 Å². The van der Waals surface area contributed by atoms with Gasteiger partial charge in [-0.1, -0.05) is 32.0 Å². The lowest BCUT2D eigenvalue weighted by molar-refractivity contribution is 0.0691. The quantitative estimate of drug-likeness (QED) is 0.539. The van der Waals surface area contributed by atoms with E-state index in [0.717, 1.165) is 28.8 Å². The number of benzene rings is 1. The van der Waals surface area contributed by atoms with Crippen LogP contribution < -0.4 is 11.2 Å². The molecule has 0 aliphatic heterocycles. The summed E-state index contributed by atoms with van der Waals surface area (Å²) in [5.41, 5.74) is 2.54. The largest absolute Gasteiger partial charge is 0.478 e. The van der Waals surface area contributed by atoms with E-state index in [9.17, 15) is 14.7 Å². The molecule has 0 saturated carbocycles. The Bertz CT molecular complexity index is 887. The van der Waals surface area contributed by atoms with Crippen molar-refractivity contribution in [3.8, 4) is 0 Å². The van der Waals surface area contributed by atoms with E-state index in [0.29, 0.717) is 18.7 Å². The highest BCUT2D eigenvalue weighted by atomic mass is 32.1. The SMILES string of the molecule is CN(N)Cc1ccccc1NC(=O)c1sc2c(c1C(=O)O)CC(C)(C)CC2. The number of carbonyl (C=O) groups is 2. The molecule has 1 heterocycles. The van der Waals surface area contributed by atoms with Crippen molar-refractivity contribution in [2.75, 3.05) is 12.4 Å². The van der Waals surface area contributed by atoms with Gasteiger partial charge in [0.25, 0.3) is 5.91 Å². The van der Waals surface area contributed by atoms with Crippen molar-refractivity contribution in [3.63, 3.8) is 0 Å². The molecule has 0 unspecified atom stereocenters. The zero-order valence-electron chi connectivity index (χ0n) is 15.8. The number of carboxylic acids is 1. The van der Waals surface area contributed by atoms with Crippen LogP contribution in [0.2, 0.25) is 0 Å². The molecule has 0 spiro atoms. The number of hydrogen-bond acceptors (Lipinski definition) is 5. The predicted octanol–water partition coefficient (Wildman–Crippen LogP) is 3.52. The average molecular weight is 388 g/mol. The van der Waals surface area contributed by atoms with Crippen molar-refractivity contribution in [1.29, 1.82) is 0 Å². The Morgan fingerprint density at radius 2 is 2.04 bits per heavy atom. The van der Waals surface area contributed by atoms with Gasteiger partial charge in [-0.15, -0.1) is 11.3 Å². The van der Waals surface area contributed by atoms with Crippen LogP contribution in [0.25, 0.3) is 0 Å². The molecular formula is C20H25N3O3S. The minimum Gasteiger partial charge on any atom is -0.478 e. The van der Waals surface area contributed by atoms with Crippen LogP contribution in [0.15, 0.2) is 24.3 Å². The van der Waals surface area contributed by atoms with E-state index in [1.165, 1.54) is 16.3 Å². The molecule has 1 aliphatic rings. The number of nitrogens with one attached hydrogen (secondary N) is 1. The number of hydrazine groups is 1. The van der Waals surface area contributed by atoms with Crippen LogP contribution in [0.3, 0.4) is 0 Å². The standard InChI is InChI=1S/C20H25N3O3S/c1-20(2)9-8-15-13(10-20)16(19(25)26)17(27-15)18(24)22-14-7-5-4-6-12(14)11-23(3)21/h4-7H,8-11,21H2,1-3H3,(H,22,24)(H,25,26). The van der Waals surface area contributed by atoms with Crippen LogP contribution in [0.1, 0.15) is 56.3 Å². The lowest BCUT2D eigenvalue weighted by atomic mass is 9.76. The molecule has 2 aromatic rings. The van der Waals surface area contributed by atoms with Crippen molar-refractivity contribution in [3.05, 3.63) is 50.7 Å². The van der Waals surface area contributed by atoms with Gasteiger partial charge in [0.1, 0.15) is 4.88 Å². The highest BCUT2D eigenvalue weighted by molar-refractivity contribution is 7.14. The van der Waals surface area contributed by atoms with Gasteiger partial charge in [0.15, 0.2) is 0 Å². The maximum atomic E-state index is 12.9. The highest BCUT2D eigenvalue weighted by Gasteiger charge is 2.34. The third-order valence-electron chi connectivity index (χ3n) is 4.88. The molecule has 0 saturated heterocycles. The van der Waals surface area contributed by atoms with Crippen LogP contribution in [-0.4, -0.2) is 29.0 Å². The van der Waals surface area contributed by atoms with E-state index in [1.54, 1.807) is 13.1 Å². The van der Waals surface area contributed by atoms with Gasteiger partial charge in [0.2, 0.25) is 0 Å². The number of nitrogens with zero attached hydrogens (tertiary/aromatic N) is 1. The maximum Gasteiger partial charge on any atom is 0.337 e. The van der Waals surface area contributed by atoms with Gasteiger partial charge in [-0.25, -0.2) is 9.80 Å². The molecule has 0 bridgehead atoms. The maximum absolute atomic E-state index is 12.9. The number of para-hydroxylation sites is 1. The Morgan fingerprint density at radius 3 is 2.70 bits per heavy atom. The van der Waals surface area contributed by atoms with Gasteiger partial charge in [0.05, 0.1) is 5.56 Å². The lowest BCUT2D eigenvalue weighted by Gasteiger charge is -2.29. The molecule has 27 heavy (non-hydrogen) atoms. The van der Waals surface area contributed by atoms with Crippen LogP contribution in [0.4, 0.5) is 5.69 Å². The molecular weight excluding hydrogens is 362 g/mol. The number of carboxylic acid groups (broad SMARTS) is 1. The van der Waals surface area contributed by atoms with Crippen molar-refractivity contribution >= 4 is 28.9 Å². The van der Waals surface area contributed by atoms with E-state index in [2.05, 4.69) is 19.2 Å². The van der Waals surface area contributed by atoms with E-state index in [4.69, 9.17) is 5.84 Å². The van der Waals surface area contributed by atoms with Gasteiger partial charge in [0, 0.05) is 24.2 Å². The number of aromatic carboxylic acids is 1. The lowest BCUT2D eigenvalue weighted by Crippen LogP contribution is -2.26. The second-order valence-electron chi connectivity index (χ2n) is 7.88. The monoisotopic (exact) mass is 387 g/mol. The first-order chi connectivity index (χ1) is 12.7. The summed E-state index contributed by atoms with van der Waals surface area (Å²) in [5, 5.41) is 14.2. The molecule has 1 aromatic carbocycles. The number of thiophene rings is 1. The molecule has 0 radical (unpaired) electrons. The molecule has 144 valence electrons. The first-order valence-electron chi connectivity index (χ1n) is 8.91. The minimum absolute atomic E-state index is 0.0460. The number of aryl methyl sites for hydroxylation is 1. The Kier molecular flexibility index (Phi) is 5.37. The van der Waals surface area contributed by atoms with Crippen molar-refractivity contribution in [2.24, 2.45) is 11.3 Å². The van der Waals surface area contributed by atoms with Crippen molar-refractivity contribution in [1.82, 2.24) is 5.01 Å². The number of hydrogen-bond donors (Lipinski definition) is 3. The van der Waals surface area contributed by atoms with E-state index in [1.807, 2.05) is 18.2 Å². The number of amides is 1. The van der Waals surface area contributed by atoms with E-state index < -0.39 is 5.97 Å². The van der Waals surface area contributed by atoms with Gasteiger partial charge in [-0.3, -0.25) is 10.6 Å². The Morgan fingerprint density at radius 1 is 1.33 bits per heavy atom. The highest BCUT2D eigenvalue weighted by Crippen LogP contribution is 2.41. The molecule has 6 nitrogen and oxygen atoms in total. The van der Waals surface area contributed by atoms with E-state index in [-0.39, 0.29) is 21.8 Å². The zero-order valence-corrected chi connectivity index (χ0v) is 16.7.